The highest BCUT2D eigenvalue weighted by Gasteiger charge is 2.12. The van der Waals surface area contributed by atoms with Gasteiger partial charge in [-0.15, -0.1) is 0 Å². The second-order valence-electron chi connectivity index (χ2n) is 5.82. The van der Waals surface area contributed by atoms with Crippen molar-refractivity contribution in [1.82, 2.24) is 10.4 Å². The summed E-state index contributed by atoms with van der Waals surface area (Å²) in [5.74, 6) is 0.641. The number of hydrazone groups is 1. The SMILES string of the molecule is COc1ccc2nc(C)cc(C(=O)NN=Cc3ccc(O)c(OC)c3)c2c1. The number of hydrogen-bond acceptors (Lipinski definition) is 6. The number of carbonyl (C=O) groups excluding carboxylic acids is 1. The van der Waals surface area contributed by atoms with Crippen LogP contribution in [0, 0.1) is 6.92 Å². The Kier molecular flexibility index (Phi) is 5.21. The third-order valence-electron chi connectivity index (χ3n) is 3.97. The number of ether oxygens (including phenoxy) is 2. The number of rotatable bonds is 5. The molecule has 0 fully saturated rings. The summed E-state index contributed by atoms with van der Waals surface area (Å²) in [6, 6.07) is 11.8. The number of nitrogens with one attached hydrogen (secondary N) is 1. The number of aromatic hydroxyl groups is 1. The van der Waals surface area contributed by atoms with Crippen molar-refractivity contribution in [2.24, 2.45) is 5.10 Å². The van der Waals surface area contributed by atoms with E-state index in [1.807, 2.05) is 13.0 Å². The fourth-order valence-electron chi connectivity index (χ4n) is 2.65. The van der Waals surface area contributed by atoms with E-state index in [1.165, 1.54) is 19.4 Å². The third-order valence-corrected chi connectivity index (χ3v) is 3.97. The molecule has 0 atom stereocenters. The first-order valence-corrected chi connectivity index (χ1v) is 8.17. The Morgan fingerprint density at radius 1 is 1.15 bits per heavy atom. The van der Waals surface area contributed by atoms with Crippen molar-refractivity contribution in [3.8, 4) is 17.2 Å². The van der Waals surface area contributed by atoms with E-state index < -0.39 is 0 Å². The minimum atomic E-state index is -0.360. The summed E-state index contributed by atoms with van der Waals surface area (Å²) in [5, 5.41) is 14.3. The maximum Gasteiger partial charge on any atom is 0.272 e. The number of nitrogens with zero attached hydrogens (tertiary/aromatic N) is 2. The molecule has 1 heterocycles. The smallest absolute Gasteiger partial charge is 0.272 e. The van der Waals surface area contributed by atoms with Crippen molar-refractivity contribution >= 4 is 23.0 Å². The zero-order valence-corrected chi connectivity index (χ0v) is 15.2. The minimum absolute atomic E-state index is 0.0337. The zero-order chi connectivity index (χ0) is 19.4. The molecule has 1 amide bonds. The van der Waals surface area contributed by atoms with Gasteiger partial charge in [-0.2, -0.15) is 5.10 Å². The van der Waals surface area contributed by atoms with E-state index in [2.05, 4.69) is 15.5 Å². The van der Waals surface area contributed by atoms with Crippen LogP contribution in [0.1, 0.15) is 21.6 Å². The number of phenols is 1. The van der Waals surface area contributed by atoms with Crippen LogP contribution in [-0.4, -0.2) is 36.4 Å². The van der Waals surface area contributed by atoms with Crippen LogP contribution in [0.5, 0.6) is 17.2 Å². The molecule has 3 aromatic rings. The molecule has 0 radical (unpaired) electrons. The van der Waals surface area contributed by atoms with Crippen molar-refractivity contribution in [3.63, 3.8) is 0 Å². The van der Waals surface area contributed by atoms with Crippen LogP contribution < -0.4 is 14.9 Å². The lowest BCUT2D eigenvalue weighted by molar-refractivity contribution is 0.0956. The average Bonchev–Trinajstić information content (AvgIpc) is 2.68. The molecule has 0 spiro atoms. The summed E-state index contributed by atoms with van der Waals surface area (Å²) in [4.78, 5) is 17.1. The highest BCUT2D eigenvalue weighted by Crippen LogP contribution is 2.26. The highest BCUT2D eigenvalue weighted by atomic mass is 16.5. The molecule has 3 rings (SSSR count). The summed E-state index contributed by atoms with van der Waals surface area (Å²) in [7, 11) is 3.03. The van der Waals surface area contributed by atoms with Crippen molar-refractivity contribution in [1.29, 1.82) is 0 Å². The van der Waals surface area contributed by atoms with Crippen molar-refractivity contribution < 1.29 is 19.4 Å². The molecule has 0 aliphatic rings. The van der Waals surface area contributed by atoms with Gasteiger partial charge in [0.1, 0.15) is 5.75 Å². The lowest BCUT2D eigenvalue weighted by Crippen LogP contribution is -2.18. The molecule has 1 aromatic heterocycles. The second kappa shape index (κ2) is 7.74. The number of aromatic nitrogens is 1. The van der Waals surface area contributed by atoms with Gasteiger partial charge in [0.2, 0.25) is 0 Å². The molecule has 2 aromatic carbocycles. The number of carbonyl (C=O) groups is 1. The maximum absolute atomic E-state index is 12.6. The molecule has 0 saturated heterocycles. The molecule has 0 bridgehead atoms. The molecule has 0 saturated carbocycles. The molecule has 0 unspecified atom stereocenters. The van der Waals surface area contributed by atoms with Gasteiger partial charge in [-0.25, -0.2) is 5.43 Å². The standard InChI is InChI=1S/C20H19N3O4/c1-12-8-16(15-10-14(26-2)5-6-17(15)22-12)20(25)23-21-11-13-4-7-18(24)19(9-13)27-3/h4-11,24H,1-3H3,(H,23,25). The normalized spacial score (nSPS) is 10.9. The largest absolute Gasteiger partial charge is 0.504 e. The van der Waals surface area contributed by atoms with Crippen LogP contribution in [0.15, 0.2) is 47.6 Å². The Bertz CT molecular complexity index is 1030. The van der Waals surface area contributed by atoms with Crippen LogP contribution in [0.4, 0.5) is 0 Å². The molecule has 0 aliphatic heterocycles. The van der Waals surface area contributed by atoms with Crippen LogP contribution >= 0.6 is 0 Å². The van der Waals surface area contributed by atoms with Gasteiger partial charge in [-0.3, -0.25) is 9.78 Å². The number of amides is 1. The molecular formula is C20H19N3O4. The Morgan fingerprint density at radius 2 is 1.96 bits per heavy atom. The molecular weight excluding hydrogens is 346 g/mol. The van der Waals surface area contributed by atoms with Crippen molar-refractivity contribution in [2.75, 3.05) is 14.2 Å². The van der Waals surface area contributed by atoms with Crippen LogP contribution in [0.2, 0.25) is 0 Å². The van der Waals surface area contributed by atoms with E-state index >= 15 is 0 Å². The fraction of sp³-hybridized carbons (Fsp3) is 0.150. The van der Waals surface area contributed by atoms with Gasteiger partial charge in [0, 0.05) is 11.1 Å². The summed E-state index contributed by atoms with van der Waals surface area (Å²) in [6.07, 6.45) is 1.47. The van der Waals surface area contributed by atoms with Gasteiger partial charge in [0.15, 0.2) is 11.5 Å². The van der Waals surface area contributed by atoms with E-state index in [1.54, 1.807) is 37.4 Å². The molecule has 2 N–H and O–H groups in total. The van der Waals surface area contributed by atoms with E-state index in [0.717, 1.165) is 5.69 Å². The van der Waals surface area contributed by atoms with Crippen LogP contribution in [0.3, 0.4) is 0 Å². The van der Waals surface area contributed by atoms with Crippen LogP contribution in [0.25, 0.3) is 10.9 Å². The fourth-order valence-corrected chi connectivity index (χ4v) is 2.65. The zero-order valence-electron chi connectivity index (χ0n) is 15.2. The third kappa shape index (κ3) is 3.98. The number of pyridine rings is 1. The summed E-state index contributed by atoms with van der Waals surface area (Å²) in [5.41, 5.74) is 5.07. The van der Waals surface area contributed by atoms with Gasteiger partial charge in [-0.05, 0) is 55.0 Å². The van der Waals surface area contributed by atoms with E-state index in [4.69, 9.17) is 9.47 Å². The van der Waals surface area contributed by atoms with E-state index in [-0.39, 0.29) is 11.7 Å². The number of fused-ring (bicyclic) bond motifs is 1. The summed E-state index contributed by atoms with van der Waals surface area (Å²) >= 11 is 0. The quantitative estimate of drug-likeness (QED) is 0.535. The van der Waals surface area contributed by atoms with Crippen LogP contribution in [-0.2, 0) is 0 Å². The number of hydrogen-bond donors (Lipinski definition) is 2. The maximum atomic E-state index is 12.6. The monoisotopic (exact) mass is 365 g/mol. The number of aryl methyl sites for hydroxylation is 1. The highest BCUT2D eigenvalue weighted by molar-refractivity contribution is 6.06. The predicted octanol–water partition coefficient (Wildman–Crippen LogP) is 3.03. The second-order valence-corrected chi connectivity index (χ2v) is 5.82. The lowest BCUT2D eigenvalue weighted by Gasteiger charge is -2.08. The Hall–Kier alpha value is -3.61. The molecule has 7 nitrogen and oxygen atoms in total. The van der Waals surface area contributed by atoms with Gasteiger partial charge >= 0.3 is 0 Å². The Morgan fingerprint density at radius 3 is 2.70 bits per heavy atom. The molecule has 7 heteroatoms. The summed E-state index contributed by atoms with van der Waals surface area (Å²) in [6.45, 7) is 1.83. The number of benzene rings is 2. The van der Waals surface area contributed by atoms with Gasteiger partial charge in [0.05, 0.1) is 31.5 Å². The Balaban J connectivity index is 1.86. The number of phenolic OH excluding ortho intramolecular Hbond substituents is 1. The van der Waals surface area contributed by atoms with Crippen molar-refractivity contribution in [2.45, 2.75) is 6.92 Å². The first-order valence-electron chi connectivity index (χ1n) is 8.17. The molecule has 27 heavy (non-hydrogen) atoms. The average molecular weight is 365 g/mol. The molecule has 0 aliphatic carbocycles. The van der Waals surface area contributed by atoms with Gasteiger partial charge in [0.25, 0.3) is 5.91 Å². The first kappa shape index (κ1) is 18.2. The van der Waals surface area contributed by atoms with Gasteiger partial charge < -0.3 is 14.6 Å². The van der Waals surface area contributed by atoms with E-state index in [0.29, 0.717) is 33.5 Å². The van der Waals surface area contributed by atoms with Gasteiger partial charge in [-0.1, -0.05) is 0 Å². The van der Waals surface area contributed by atoms with E-state index in [9.17, 15) is 9.90 Å². The minimum Gasteiger partial charge on any atom is -0.504 e. The predicted molar refractivity (Wildman–Crippen MR) is 103 cm³/mol. The first-order chi connectivity index (χ1) is 13.0. The number of methoxy groups -OCH3 is 2. The van der Waals surface area contributed by atoms with Crippen molar-refractivity contribution in [3.05, 3.63) is 59.3 Å². The summed E-state index contributed by atoms with van der Waals surface area (Å²) < 4.78 is 10.3. The molecule has 138 valence electrons. The Labute approximate surface area is 156 Å². The lowest BCUT2D eigenvalue weighted by atomic mass is 10.1. The topological polar surface area (TPSA) is 93.0 Å².